The molecule has 3 heterocycles. The summed E-state index contributed by atoms with van der Waals surface area (Å²) in [6, 6.07) is 0. The Bertz CT molecular complexity index is 524. The molecule has 2 fully saturated rings. The van der Waals surface area contributed by atoms with Gasteiger partial charge in [-0.15, -0.1) is 0 Å². The molecule has 100 valence electrons. The largest absolute Gasteiger partial charge is 0.443 e. The number of fused-ring (bicyclic) bond motifs is 3. The van der Waals surface area contributed by atoms with Gasteiger partial charge in [-0.05, 0) is 19.3 Å². The molecular weight excluding hydrogens is 258 g/mol. The molecular formula is C11H15NO5S. The van der Waals surface area contributed by atoms with Crippen molar-refractivity contribution in [3.8, 4) is 0 Å². The van der Waals surface area contributed by atoms with Gasteiger partial charge < -0.3 is 9.47 Å². The van der Waals surface area contributed by atoms with Crippen LogP contribution >= 0.6 is 0 Å². The molecule has 0 radical (unpaired) electrons. The van der Waals surface area contributed by atoms with Crippen molar-refractivity contribution in [3.63, 3.8) is 0 Å². The highest BCUT2D eigenvalue weighted by Crippen LogP contribution is 2.41. The highest BCUT2D eigenvalue weighted by molar-refractivity contribution is 7.94. The molecule has 0 saturated carbocycles. The maximum Gasteiger partial charge on any atom is 0.416 e. The third kappa shape index (κ3) is 1.73. The van der Waals surface area contributed by atoms with Crippen molar-refractivity contribution in [2.75, 3.05) is 19.5 Å². The molecule has 3 aliphatic rings. The molecule has 7 heteroatoms. The Morgan fingerprint density at radius 2 is 2.17 bits per heavy atom. The molecule has 6 nitrogen and oxygen atoms in total. The van der Waals surface area contributed by atoms with Crippen molar-refractivity contribution in [3.05, 3.63) is 10.6 Å². The molecule has 3 aliphatic heterocycles. The summed E-state index contributed by atoms with van der Waals surface area (Å²) in [7, 11) is -3.30. The summed E-state index contributed by atoms with van der Waals surface area (Å²) in [6.45, 7) is 0.639. The van der Waals surface area contributed by atoms with Crippen molar-refractivity contribution in [1.29, 1.82) is 0 Å². The van der Waals surface area contributed by atoms with E-state index in [1.165, 1.54) is 11.2 Å². The molecule has 0 N–H and O–H groups in total. The number of allylic oxidation sites excluding steroid dienone is 1. The molecule has 18 heavy (non-hydrogen) atoms. The zero-order chi connectivity index (χ0) is 12.9. The standard InChI is InChI=1S/C11H15NO5S/c1-18(14,15)9-5-7-3-2-4-16-10(7)12-8(9)6-17-11(12)13/h7,10H,2-6H2,1H3/t7-,10-/m1/s1. The van der Waals surface area contributed by atoms with E-state index < -0.39 is 15.9 Å². The normalized spacial score (nSPS) is 32.1. The number of carbonyl (C=O) groups is 1. The number of nitrogens with zero attached hydrogens (tertiary/aromatic N) is 1. The number of amides is 1. The summed E-state index contributed by atoms with van der Waals surface area (Å²) in [5.41, 5.74) is 0.464. The Morgan fingerprint density at radius 1 is 1.39 bits per heavy atom. The van der Waals surface area contributed by atoms with Gasteiger partial charge in [0.15, 0.2) is 9.84 Å². The molecule has 0 aromatic heterocycles. The Hall–Kier alpha value is -1.08. The average molecular weight is 273 g/mol. The molecule has 0 aromatic carbocycles. The molecule has 1 amide bonds. The maximum atomic E-state index is 11.8. The van der Waals surface area contributed by atoms with E-state index in [9.17, 15) is 13.2 Å². The average Bonchev–Trinajstić information content (AvgIpc) is 2.70. The van der Waals surface area contributed by atoms with E-state index in [2.05, 4.69) is 0 Å². The third-order valence-electron chi connectivity index (χ3n) is 3.70. The molecule has 0 aromatic rings. The minimum absolute atomic E-state index is 0.0355. The van der Waals surface area contributed by atoms with Gasteiger partial charge in [0.1, 0.15) is 12.8 Å². The van der Waals surface area contributed by atoms with Crippen LogP contribution in [0.15, 0.2) is 10.6 Å². The number of cyclic esters (lactones) is 1. The first-order valence-corrected chi connectivity index (χ1v) is 7.87. The summed E-state index contributed by atoms with van der Waals surface area (Å²) < 4.78 is 34.2. The van der Waals surface area contributed by atoms with E-state index in [1.54, 1.807) is 0 Å². The molecule has 2 saturated heterocycles. The second kappa shape index (κ2) is 3.96. The first-order chi connectivity index (χ1) is 8.48. The lowest BCUT2D eigenvalue weighted by Crippen LogP contribution is -2.48. The first-order valence-electron chi connectivity index (χ1n) is 5.98. The van der Waals surface area contributed by atoms with E-state index in [-0.39, 0.29) is 18.8 Å². The van der Waals surface area contributed by atoms with Crippen LogP contribution in [0.2, 0.25) is 0 Å². The van der Waals surface area contributed by atoms with Crippen molar-refractivity contribution >= 4 is 15.9 Å². The van der Waals surface area contributed by atoms with E-state index in [4.69, 9.17) is 9.47 Å². The van der Waals surface area contributed by atoms with Crippen LogP contribution in [-0.2, 0) is 19.3 Å². The van der Waals surface area contributed by atoms with Crippen LogP contribution in [0.25, 0.3) is 0 Å². The summed E-state index contributed by atoms with van der Waals surface area (Å²) in [4.78, 5) is 13.5. The fourth-order valence-electron chi connectivity index (χ4n) is 2.89. The number of carbonyl (C=O) groups excluding carboxylic acids is 1. The van der Waals surface area contributed by atoms with Gasteiger partial charge in [0.2, 0.25) is 0 Å². The van der Waals surface area contributed by atoms with Crippen molar-refractivity contribution in [1.82, 2.24) is 4.90 Å². The topological polar surface area (TPSA) is 72.9 Å². The van der Waals surface area contributed by atoms with Crippen LogP contribution in [0.1, 0.15) is 19.3 Å². The first kappa shape index (κ1) is 12.0. The third-order valence-corrected chi connectivity index (χ3v) is 5.00. The Labute approximate surface area is 105 Å². The molecule has 0 unspecified atom stereocenters. The van der Waals surface area contributed by atoms with Crippen LogP contribution < -0.4 is 0 Å². The van der Waals surface area contributed by atoms with E-state index in [0.717, 1.165) is 12.8 Å². The minimum Gasteiger partial charge on any atom is -0.443 e. The van der Waals surface area contributed by atoms with Gasteiger partial charge >= 0.3 is 6.09 Å². The molecule has 0 spiro atoms. The van der Waals surface area contributed by atoms with Gasteiger partial charge in [0.25, 0.3) is 0 Å². The zero-order valence-corrected chi connectivity index (χ0v) is 10.9. The highest BCUT2D eigenvalue weighted by Gasteiger charge is 2.47. The number of hydrogen-bond acceptors (Lipinski definition) is 5. The number of hydrogen-bond donors (Lipinski definition) is 0. The lowest BCUT2D eigenvalue weighted by atomic mass is 9.91. The molecule has 3 rings (SSSR count). The van der Waals surface area contributed by atoms with Gasteiger partial charge in [-0.1, -0.05) is 0 Å². The lowest BCUT2D eigenvalue weighted by Gasteiger charge is -2.40. The predicted octanol–water partition coefficient (Wildman–Crippen LogP) is 0.851. The van der Waals surface area contributed by atoms with Gasteiger partial charge in [0.05, 0.1) is 10.6 Å². The Morgan fingerprint density at radius 3 is 2.89 bits per heavy atom. The zero-order valence-electron chi connectivity index (χ0n) is 10.1. The number of sulfone groups is 1. The molecule has 0 bridgehead atoms. The Balaban J connectivity index is 2.09. The van der Waals surface area contributed by atoms with Crippen LogP contribution in [0, 0.1) is 5.92 Å². The number of rotatable bonds is 1. The second-order valence-corrected chi connectivity index (χ2v) is 6.97. The Kier molecular flexibility index (Phi) is 2.63. The summed E-state index contributed by atoms with van der Waals surface area (Å²) in [5.74, 6) is 0.0536. The molecule has 0 aliphatic carbocycles. The van der Waals surface area contributed by atoms with E-state index >= 15 is 0 Å². The SMILES string of the molecule is CS(=O)(=O)C1=C2COC(=O)N2[C@@H]2OCCC[C@@H]2C1. The van der Waals surface area contributed by atoms with Gasteiger partial charge in [-0.2, -0.15) is 0 Å². The van der Waals surface area contributed by atoms with Crippen LogP contribution in [-0.4, -0.2) is 45.1 Å². The summed E-state index contributed by atoms with van der Waals surface area (Å²) in [6.07, 6.45) is 2.56. The van der Waals surface area contributed by atoms with Crippen molar-refractivity contribution in [2.45, 2.75) is 25.5 Å². The summed E-state index contributed by atoms with van der Waals surface area (Å²) >= 11 is 0. The van der Waals surface area contributed by atoms with Gasteiger partial charge in [0, 0.05) is 18.8 Å². The smallest absolute Gasteiger partial charge is 0.416 e. The number of ether oxygens (including phenoxy) is 2. The van der Waals surface area contributed by atoms with Crippen LogP contribution in [0.5, 0.6) is 0 Å². The highest BCUT2D eigenvalue weighted by atomic mass is 32.2. The second-order valence-electron chi connectivity index (χ2n) is 4.93. The van der Waals surface area contributed by atoms with Crippen molar-refractivity contribution in [2.24, 2.45) is 5.92 Å². The lowest BCUT2D eigenvalue weighted by molar-refractivity contribution is -0.0943. The van der Waals surface area contributed by atoms with Gasteiger partial charge in [-0.25, -0.2) is 13.2 Å². The minimum atomic E-state index is -3.30. The van der Waals surface area contributed by atoms with Gasteiger partial charge in [-0.3, -0.25) is 4.90 Å². The van der Waals surface area contributed by atoms with Crippen LogP contribution in [0.3, 0.4) is 0 Å². The van der Waals surface area contributed by atoms with E-state index in [0.29, 0.717) is 23.6 Å². The molecule has 2 atom stereocenters. The van der Waals surface area contributed by atoms with E-state index in [1.807, 2.05) is 0 Å². The summed E-state index contributed by atoms with van der Waals surface area (Å²) in [5, 5.41) is 0. The maximum absolute atomic E-state index is 11.8. The fraction of sp³-hybridized carbons (Fsp3) is 0.727. The fourth-order valence-corrected chi connectivity index (χ4v) is 3.99. The predicted molar refractivity (Wildman–Crippen MR) is 62.1 cm³/mol. The quantitative estimate of drug-likeness (QED) is 0.708. The monoisotopic (exact) mass is 273 g/mol. The van der Waals surface area contributed by atoms with Crippen molar-refractivity contribution < 1.29 is 22.7 Å². The van der Waals surface area contributed by atoms with Crippen LogP contribution in [0.4, 0.5) is 4.79 Å².